The zero-order valence-electron chi connectivity index (χ0n) is 16.2. The van der Waals surface area contributed by atoms with Crippen LogP contribution in [0, 0.1) is 6.92 Å². The summed E-state index contributed by atoms with van der Waals surface area (Å²) >= 11 is 0. The normalized spacial score (nSPS) is 11.0. The Balaban J connectivity index is 1.33. The lowest BCUT2D eigenvalue weighted by atomic mass is 10.1. The van der Waals surface area contributed by atoms with Gasteiger partial charge in [-0.3, -0.25) is 0 Å². The molecule has 0 aliphatic heterocycles. The molecule has 3 heteroatoms. The lowest BCUT2D eigenvalue weighted by Gasteiger charge is -2.13. The largest absolute Gasteiger partial charge is 0.489 e. The topological polar surface area (TPSA) is 37.0 Å². The standard InChI is InChI=1S/C25H26N2O/c1-19-8-2-3-10-22(19)18-28-25-13-7-4-9-21(25)16-26-15-14-20-17-27-24-12-6-5-11-23(20)24/h2-13,17,26-27H,14-16,18H2,1H3. The summed E-state index contributed by atoms with van der Waals surface area (Å²) in [5.41, 5.74) is 6.23. The lowest BCUT2D eigenvalue weighted by molar-refractivity contribution is 0.301. The molecule has 0 saturated heterocycles. The highest BCUT2D eigenvalue weighted by atomic mass is 16.5. The number of fused-ring (bicyclic) bond motifs is 1. The third-order valence-corrected chi connectivity index (χ3v) is 5.18. The Kier molecular flexibility index (Phi) is 5.74. The maximum Gasteiger partial charge on any atom is 0.124 e. The van der Waals surface area contributed by atoms with E-state index in [0.717, 1.165) is 25.3 Å². The molecule has 3 nitrogen and oxygen atoms in total. The van der Waals surface area contributed by atoms with Gasteiger partial charge in [-0.2, -0.15) is 0 Å². The predicted octanol–water partition coefficient (Wildman–Crippen LogP) is 5.39. The highest BCUT2D eigenvalue weighted by Gasteiger charge is 2.06. The van der Waals surface area contributed by atoms with Gasteiger partial charge >= 0.3 is 0 Å². The zero-order chi connectivity index (χ0) is 19.2. The van der Waals surface area contributed by atoms with Crippen molar-refractivity contribution in [3.8, 4) is 5.75 Å². The van der Waals surface area contributed by atoms with Gasteiger partial charge in [-0.15, -0.1) is 0 Å². The van der Waals surface area contributed by atoms with Gasteiger partial charge in [0, 0.05) is 29.2 Å². The molecule has 1 aromatic heterocycles. The Labute approximate surface area is 166 Å². The van der Waals surface area contributed by atoms with Crippen molar-refractivity contribution in [1.29, 1.82) is 0 Å². The van der Waals surface area contributed by atoms with E-state index >= 15 is 0 Å². The minimum Gasteiger partial charge on any atom is -0.489 e. The van der Waals surface area contributed by atoms with E-state index < -0.39 is 0 Å². The molecule has 4 aromatic rings. The van der Waals surface area contributed by atoms with Crippen molar-refractivity contribution in [1.82, 2.24) is 10.3 Å². The van der Waals surface area contributed by atoms with E-state index in [1.807, 2.05) is 6.07 Å². The summed E-state index contributed by atoms with van der Waals surface area (Å²) in [4.78, 5) is 3.34. The number of hydrogen-bond donors (Lipinski definition) is 2. The fourth-order valence-electron chi connectivity index (χ4n) is 3.50. The molecule has 0 amide bonds. The van der Waals surface area contributed by atoms with Crippen LogP contribution in [0.25, 0.3) is 10.9 Å². The second-order valence-electron chi connectivity index (χ2n) is 7.11. The van der Waals surface area contributed by atoms with E-state index in [1.54, 1.807) is 0 Å². The quantitative estimate of drug-likeness (QED) is 0.408. The molecule has 0 bridgehead atoms. The van der Waals surface area contributed by atoms with Gasteiger partial charge in [0.1, 0.15) is 12.4 Å². The van der Waals surface area contributed by atoms with Crippen molar-refractivity contribution in [2.75, 3.05) is 6.54 Å². The number of benzene rings is 3. The number of H-pyrrole nitrogens is 1. The first-order chi connectivity index (χ1) is 13.8. The van der Waals surface area contributed by atoms with Crippen LogP contribution in [0.3, 0.4) is 0 Å². The third-order valence-electron chi connectivity index (χ3n) is 5.18. The fourth-order valence-corrected chi connectivity index (χ4v) is 3.50. The van der Waals surface area contributed by atoms with E-state index in [1.165, 1.54) is 33.2 Å². The van der Waals surface area contributed by atoms with E-state index in [-0.39, 0.29) is 0 Å². The molecule has 0 spiro atoms. The number of rotatable bonds is 8. The molecule has 0 aliphatic carbocycles. The number of aryl methyl sites for hydroxylation is 1. The molecule has 0 aliphatic rings. The first-order valence-corrected chi connectivity index (χ1v) is 9.82. The highest BCUT2D eigenvalue weighted by molar-refractivity contribution is 5.83. The Bertz CT molecular complexity index is 1050. The molecular formula is C25H26N2O. The van der Waals surface area contributed by atoms with Gasteiger partial charge < -0.3 is 15.0 Å². The van der Waals surface area contributed by atoms with Crippen molar-refractivity contribution in [3.05, 3.63) is 101 Å². The first kappa shape index (κ1) is 18.3. The van der Waals surface area contributed by atoms with Gasteiger partial charge in [0.15, 0.2) is 0 Å². The van der Waals surface area contributed by atoms with Gasteiger partial charge in [0.25, 0.3) is 0 Å². The number of ether oxygens (including phenoxy) is 1. The molecule has 4 rings (SSSR count). The van der Waals surface area contributed by atoms with Crippen LogP contribution in [0.4, 0.5) is 0 Å². The number of nitrogens with one attached hydrogen (secondary N) is 2. The molecule has 0 atom stereocenters. The van der Waals surface area contributed by atoms with E-state index in [4.69, 9.17) is 4.74 Å². The van der Waals surface area contributed by atoms with Crippen molar-refractivity contribution < 1.29 is 4.74 Å². The molecule has 0 saturated carbocycles. The molecule has 0 radical (unpaired) electrons. The van der Waals surface area contributed by atoms with Crippen LogP contribution >= 0.6 is 0 Å². The number of hydrogen-bond acceptors (Lipinski definition) is 2. The van der Waals surface area contributed by atoms with Crippen LogP contribution in [-0.2, 0) is 19.6 Å². The minimum atomic E-state index is 0.596. The SMILES string of the molecule is Cc1ccccc1COc1ccccc1CNCCc1c[nH]c2ccccc12. The molecule has 0 fully saturated rings. The maximum absolute atomic E-state index is 6.12. The first-order valence-electron chi connectivity index (χ1n) is 9.82. The van der Waals surface area contributed by atoms with Crippen molar-refractivity contribution in [2.24, 2.45) is 0 Å². The highest BCUT2D eigenvalue weighted by Crippen LogP contribution is 2.21. The number of aromatic nitrogens is 1. The monoisotopic (exact) mass is 370 g/mol. The van der Waals surface area contributed by atoms with Gasteiger partial charge in [-0.1, -0.05) is 60.7 Å². The van der Waals surface area contributed by atoms with Crippen molar-refractivity contribution in [3.63, 3.8) is 0 Å². The lowest BCUT2D eigenvalue weighted by Crippen LogP contribution is -2.17. The Morgan fingerprint density at radius 2 is 1.57 bits per heavy atom. The van der Waals surface area contributed by atoms with E-state index in [0.29, 0.717) is 6.61 Å². The predicted molar refractivity (Wildman–Crippen MR) is 116 cm³/mol. The van der Waals surface area contributed by atoms with Crippen LogP contribution in [-0.4, -0.2) is 11.5 Å². The maximum atomic E-state index is 6.12. The molecule has 28 heavy (non-hydrogen) atoms. The number of aromatic amines is 1. The smallest absolute Gasteiger partial charge is 0.124 e. The van der Waals surface area contributed by atoms with Crippen molar-refractivity contribution in [2.45, 2.75) is 26.5 Å². The van der Waals surface area contributed by atoms with Crippen LogP contribution < -0.4 is 10.1 Å². The molecular weight excluding hydrogens is 344 g/mol. The Hall–Kier alpha value is -3.04. The average molecular weight is 370 g/mol. The van der Waals surface area contributed by atoms with Gasteiger partial charge in [0.05, 0.1) is 0 Å². The summed E-state index contributed by atoms with van der Waals surface area (Å²) in [6.45, 7) is 4.44. The summed E-state index contributed by atoms with van der Waals surface area (Å²) in [6.07, 6.45) is 3.11. The number of para-hydroxylation sites is 2. The summed E-state index contributed by atoms with van der Waals surface area (Å²) in [6, 6.07) is 25.1. The average Bonchev–Trinajstić information content (AvgIpc) is 3.14. The van der Waals surface area contributed by atoms with Gasteiger partial charge in [0.2, 0.25) is 0 Å². The van der Waals surface area contributed by atoms with Gasteiger partial charge in [-0.05, 0) is 48.7 Å². The molecule has 142 valence electrons. The fraction of sp³-hybridized carbons (Fsp3) is 0.200. The second-order valence-corrected chi connectivity index (χ2v) is 7.11. The Morgan fingerprint density at radius 3 is 2.46 bits per heavy atom. The van der Waals surface area contributed by atoms with E-state index in [9.17, 15) is 0 Å². The summed E-state index contributed by atoms with van der Waals surface area (Å²) in [5.74, 6) is 0.949. The second kappa shape index (κ2) is 8.77. The van der Waals surface area contributed by atoms with Gasteiger partial charge in [-0.25, -0.2) is 0 Å². The van der Waals surface area contributed by atoms with Crippen molar-refractivity contribution >= 4 is 10.9 Å². The molecule has 3 aromatic carbocycles. The van der Waals surface area contributed by atoms with Crippen LogP contribution in [0.1, 0.15) is 22.3 Å². The van der Waals surface area contributed by atoms with Crippen LogP contribution in [0.5, 0.6) is 5.75 Å². The van der Waals surface area contributed by atoms with E-state index in [2.05, 4.69) is 90.2 Å². The third kappa shape index (κ3) is 4.26. The van der Waals surface area contributed by atoms with Crippen LogP contribution in [0.15, 0.2) is 79.0 Å². The summed E-state index contributed by atoms with van der Waals surface area (Å²) < 4.78 is 6.12. The molecule has 2 N–H and O–H groups in total. The molecule has 0 unspecified atom stereocenters. The Morgan fingerprint density at radius 1 is 0.821 bits per heavy atom. The van der Waals surface area contributed by atoms with Crippen LogP contribution in [0.2, 0.25) is 0 Å². The summed E-state index contributed by atoms with van der Waals surface area (Å²) in [7, 11) is 0. The zero-order valence-corrected chi connectivity index (χ0v) is 16.2. The minimum absolute atomic E-state index is 0.596. The molecule has 1 heterocycles. The summed E-state index contributed by atoms with van der Waals surface area (Å²) in [5, 5.41) is 4.87.